The summed E-state index contributed by atoms with van der Waals surface area (Å²) in [5, 5.41) is 0.637. The van der Waals surface area contributed by atoms with Crippen molar-refractivity contribution in [3.8, 4) is 11.5 Å². The number of amidine groups is 1. The first-order chi connectivity index (χ1) is 16.2. The molecule has 0 spiro atoms. The zero-order chi connectivity index (χ0) is 23.5. The smallest absolute Gasteiger partial charge is 0.266 e. The summed E-state index contributed by atoms with van der Waals surface area (Å²) in [7, 11) is 1.63. The maximum Gasteiger partial charge on any atom is 0.266 e. The number of carbonyl (C=O) groups excluding carboxylic acids is 1. The van der Waals surface area contributed by atoms with Gasteiger partial charge in [0, 0.05) is 12.7 Å². The first-order valence-electron chi connectivity index (χ1n) is 11.7. The SMILES string of the molecule is CCCCCCCCOc1ccc(/C=C2\S/C(=N/c3ccccn3)N(CC)C2=O)cc1OC. The summed E-state index contributed by atoms with van der Waals surface area (Å²) < 4.78 is 11.5. The van der Waals surface area contributed by atoms with Crippen molar-refractivity contribution in [1.29, 1.82) is 0 Å². The summed E-state index contributed by atoms with van der Waals surface area (Å²) in [6, 6.07) is 11.3. The zero-order valence-corrected chi connectivity index (χ0v) is 20.6. The number of amides is 1. The van der Waals surface area contributed by atoms with Gasteiger partial charge in [-0.2, -0.15) is 0 Å². The van der Waals surface area contributed by atoms with Gasteiger partial charge in [0.2, 0.25) is 0 Å². The van der Waals surface area contributed by atoms with Crippen LogP contribution in [-0.2, 0) is 4.79 Å². The van der Waals surface area contributed by atoms with Gasteiger partial charge in [0.05, 0.1) is 18.6 Å². The second kappa shape index (κ2) is 13.0. The Hall–Kier alpha value is -2.80. The number of aromatic nitrogens is 1. The highest BCUT2D eigenvalue weighted by Gasteiger charge is 2.32. The van der Waals surface area contributed by atoms with E-state index in [4.69, 9.17) is 9.47 Å². The number of ether oxygens (including phenoxy) is 2. The average Bonchev–Trinajstić information content (AvgIpc) is 3.13. The number of methoxy groups -OCH3 is 1. The molecule has 7 heteroatoms. The molecule has 6 nitrogen and oxygen atoms in total. The van der Waals surface area contributed by atoms with Gasteiger partial charge in [-0.3, -0.25) is 9.69 Å². The Balaban J connectivity index is 1.67. The Morgan fingerprint density at radius 3 is 2.61 bits per heavy atom. The molecular weight excluding hydrogens is 434 g/mol. The number of rotatable bonds is 12. The molecule has 3 rings (SSSR count). The Kier molecular flexibility index (Phi) is 9.81. The van der Waals surface area contributed by atoms with Crippen molar-refractivity contribution in [3.63, 3.8) is 0 Å². The fourth-order valence-electron chi connectivity index (χ4n) is 3.50. The third-order valence-corrected chi connectivity index (χ3v) is 6.31. The molecular formula is C26H33N3O3S. The molecule has 0 unspecified atom stereocenters. The van der Waals surface area contributed by atoms with E-state index in [1.165, 1.54) is 43.9 Å². The normalized spacial score (nSPS) is 16.1. The fraction of sp³-hybridized carbons (Fsp3) is 0.423. The summed E-state index contributed by atoms with van der Waals surface area (Å²) in [6.45, 7) is 5.39. The molecule has 0 atom stereocenters. The van der Waals surface area contributed by atoms with Gasteiger partial charge in [-0.1, -0.05) is 51.2 Å². The molecule has 1 saturated heterocycles. The third kappa shape index (κ3) is 7.09. The molecule has 0 N–H and O–H groups in total. The third-order valence-electron chi connectivity index (χ3n) is 5.30. The van der Waals surface area contributed by atoms with Crippen LogP contribution in [0.3, 0.4) is 0 Å². The summed E-state index contributed by atoms with van der Waals surface area (Å²) in [5.74, 6) is 1.92. The Labute approximate surface area is 201 Å². The number of carbonyl (C=O) groups is 1. The van der Waals surface area contributed by atoms with E-state index in [1.807, 2.05) is 49.4 Å². The molecule has 1 aliphatic heterocycles. The van der Waals surface area contributed by atoms with Gasteiger partial charge in [-0.05, 0) is 61.0 Å². The van der Waals surface area contributed by atoms with Crippen LogP contribution in [0.15, 0.2) is 52.5 Å². The topological polar surface area (TPSA) is 64.0 Å². The van der Waals surface area contributed by atoms with Crippen LogP contribution in [0.2, 0.25) is 0 Å². The minimum atomic E-state index is -0.0560. The number of thioether (sulfide) groups is 1. The molecule has 0 bridgehead atoms. The lowest BCUT2D eigenvalue weighted by Crippen LogP contribution is -2.28. The molecule has 1 aliphatic rings. The van der Waals surface area contributed by atoms with E-state index in [9.17, 15) is 4.79 Å². The number of hydrogen-bond acceptors (Lipinski definition) is 6. The van der Waals surface area contributed by atoms with Crippen molar-refractivity contribution >= 4 is 34.7 Å². The largest absolute Gasteiger partial charge is 0.493 e. The quantitative estimate of drug-likeness (QED) is 0.265. The highest BCUT2D eigenvalue weighted by Crippen LogP contribution is 2.35. The van der Waals surface area contributed by atoms with Gasteiger partial charge in [0.25, 0.3) is 5.91 Å². The summed E-state index contributed by atoms with van der Waals surface area (Å²) in [4.78, 5) is 24.0. The molecule has 2 aromatic rings. The standard InChI is InChI=1S/C26H33N3O3S/c1-4-6-7-8-9-12-17-32-21-15-14-20(18-22(21)31-3)19-23-25(30)29(5-2)26(33-23)28-24-13-10-11-16-27-24/h10-11,13-16,18-19H,4-9,12,17H2,1-3H3/b23-19-,28-26+. The van der Waals surface area contributed by atoms with E-state index in [0.29, 0.717) is 34.8 Å². The van der Waals surface area contributed by atoms with Crippen LogP contribution in [0.5, 0.6) is 11.5 Å². The van der Waals surface area contributed by atoms with Gasteiger partial charge < -0.3 is 9.47 Å². The number of hydrogen-bond donors (Lipinski definition) is 0. The summed E-state index contributed by atoms with van der Waals surface area (Å²) >= 11 is 1.36. The van der Waals surface area contributed by atoms with E-state index in [1.54, 1.807) is 18.2 Å². The summed E-state index contributed by atoms with van der Waals surface area (Å²) in [5.41, 5.74) is 0.879. The predicted molar refractivity (Wildman–Crippen MR) is 136 cm³/mol. The molecule has 1 fully saturated rings. The van der Waals surface area contributed by atoms with Crippen molar-refractivity contribution < 1.29 is 14.3 Å². The van der Waals surface area contributed by atoms with Crippen molar-refractivity contribution in [1.82, 2.24) is 9.88 Å². The van der Waals surface area contributed by atoms with Crippen LogP contribution in [-0.4, -0.2) is 41.2 Å². The van der Waals surface area contributed by atoms with E-state index in [2.05, 4.69) is 16.9 Å². The van der Waals surface area contributed by atoms with Crippen LogP contribution < -0.4 is 9.47 Å². The zero-order valence-electron chi connectivity index (χ0n) is 19.8. The van der Waals surface area contributed by atoms with Crippen LogP contribution in [0.1, 0.15) is 57.9 Å². The number of aliphatic imine (C=N–C) groups is 1. The Bertz CT molecular complexity index is 976. The number of benzene rings is 1. The average molecular weight is 468 g/mol. The van der Waals surface area contributed by atoms with Crippen LogP contribution >= 0.6 is 11.8 Å². The number of pyridine rings is 1. The highest BCUT2D eigenvalue weighted by molar-refractivity contribution is 8.18. The van der Waals surface area contributed by atoms with Gasteiger partial charge in [0.15, 0.2) is 22.5 Å². The van der Waals surface area contributed by atoms with Gasteiger partial charge in [-0.25, -0.2) is 9.98 Å². The number of likely N-dealkylation sites (N-methyl/N-ethyl adjacent to an activating group) is 1. The van der Waals surface area contributed by atoms with Crippen molar-refractivity contribution in [2.45, 2.75) is 52.4 Å². The summed E-state index contributed by atoms with van der Waals surface area (Å²) in [6.07, 6.45) is 10.9. The monoisotopic (exact) mass is 467 g/mol. The van der Waals surface area contributed by atoms with Crippen LogP contribution in [0, 0.1) is 0 Å². The first kappa shape index (κ1) is 24.8. The van der Waals surface area contributed by atoms with E-state index >= 15 is 0 Å². The molecule has 176 valence electrons. The molecule has 1 aromatic heterocycles. The lowest BCUT2D eigenvalue weighted by atomic mass is 10.1. The highest BCUT2D eigenvalue weighted by atomic mass is 32.2. The van der Waals surface area contributed by atoms with Gasteiger partial charge in [-0.15, -0.1) is 0 Å². The molecule has 0 aliphatic carbocycles. The minimum absolute atomic E-state index is 0.0560. The van der Waals surface area contributed by atoms with Crippen LogP contribution in [0.4, 0.5) is 5.82 Å². The van der Waals surface area contributed by atoms with Gasteiger partial charge in [0.1, 0.15) is 0 Å². The second-order valence-corrected chi connectivity index (χ2v) is 8.78. The lowest BCUT2D eigenvalue weighted by Gasteiger charge is -2.12. The maximum absolute atomic E-state index is 12.9. The number of nitrogens with zero attached hydrogens (tertiary/aromatic N) is 3. The van der Waals surface area contributed by atoms with E-state index < -0.39 is 0 Å². The second-order valence-electron chi connectivity index (χ2n) is 7.77. The van der Waals surface area contributed by atoms with Crippen LogP contribution in [0.25, 0.3) is 6.08 Å². The van der Waals surface area contributed by atoms with Gasteiger partial charge >= 0.3 is 0 Å². The van der Waals surface area contributed by atoms with E-state index in [0.717, 1.165) is 17.7 Å². The number of unbranched alkanes of at least 4 members (excludes halogenated alkanes) is 5. The van der Waals surface area contributed by atoms with Crippen molar-refractivity contribution in [3.05, 3.63) is 53.1 Å². The molecule has 2 heterocycles. The molecule has 1 amide bonds. The molecule has 33 heavy (non-hydrogen) atoms. The minimum Gasteiger partial charge on any atom is -0.493 e. The van der Waals surface area contributed by atoms with E-state index in [-0.39, 0.29) is 5.91 Å². The first-order valence-corrected chi connectivity index (χ1v) is 12.5. The predicted octanol–water partition coefficient (Wildman–Crippen LogP) is 6.45. The molecule has 0 radical (unpaired) electrons. The van der Waals surface area contributed by atoms with Crippen molar-refractivity contribution in [2.75, 3.05) is 20.3 Å². The Morgan fingerprint density at radius 1 is 1.06 bits per heavy atom. The maximum atomic E-state index is 12.9. The lowest BCUT2D eigenvalue weighted by molar-refractivity contribution is -0.122. The molecule has 1 aromatic carbocycles. The molecule has 0 saturated carbocycles. The van der Waals surface area contributed by atoms with Crippen molar-refractivity contribution in [2.24, 2.45) is 4.99 Å². The fourth-order valence-corrected chi connectivity index (χ4v) is 4.55. The Morgan fingerprint density at radius 2 is 1.88 bits per heavy atom.